The average Bonchev–Trinajstić information content (AvgIpc) is 3.11. The van der Waals surface area contributed by atoms with E-state index in [1.54, 1.807) is 24.5 Å². The van der Waals surface area contributed by atoms with Crippen LogP contribution in [0.25, 0.3) is 10.9 Å². The summed E-state index contributed by atoms with van der Waals surface area (Å²) < 4.78 is 29.3. The van der Waals surface area contributed by atoms with Gasteiger partial charge >= 0.3 is 0 Å². The van der Waals surface area contributed by atoms with Crippen LogP contribution in [0.2, 0.25) is 0 Å². The molecule has 0 radical (unpaired) electrons. The van der Waals surface area contributed by atoms with Crippen molar-refractivity contribution in [3.63, 3.8) is 0 Å². The number of piperidine rings is 1. The minimum atomic E-state index is -3.66. The van der Waals surface area contributed by atoms with Crippen LogP contribution < -0.4 is 5.32 Å². The van der Waals surface area contributed by atoms with Gasteiger partial charge in [-0.2, -0.15) is 4.31 Å². The van der Waals surface area contributed by atoms with Crippen molar-refractivity contribution >= 4 is 32.5 Å². The van der Waals surface area contributed by atoms with Crippen molar-refractivity contribution in [1.29, 1.82) is 0 Å². The van der Waals surface area contributed by atoms with Crippen LogP contribution in [0.3, 0.4) is 0 Å². The molecule has 2 N–H and O–H groups in total. The first-order valence-corrected chi connectivity index (χ1v) is 11.2. The molecule has 30 heavy (non-hydrogen) atoms. The van der Waals surface area contributed by atoms with Gasteiger partial charge < -0.3 is 15.0 Å². The number of rotatable bonds is 5. The smallest absolute Gasteiger partial charge is 0.243 e. The normalized spacial score (nSPS) is 17.1. The van der Waals surface area contributed by atoms with Gasteiger partial charge in [0, 0.05) is 43.5 Å². The highest BCUT2D eigenvalue weighted by molar-refractivity contribution is 7.89. The maximum atomic E-state index is 13.0. The summed E-state index contributed by atoms with van der Waals surface area (Å²) in [6, 6.07) is 10.0. The number of sulfonamides is 1. The minimum absolute atomic E-state index is 0.171. The molecule has 1 saturated heterocycles. The van der Waals surface area contributed by atoms with Crippen LogP contribution in [0.5, 0.6) is 0 Å². The number of fused-ring (bicyclic) bond motifs is 1. The highest BCUT2D eigenvalue weighted by Crippen LogP contribution is 2.29. The SMILES string of the molecule is CC(=O)Nc1ccc(S(=O)(=O)N2CCC(O)(Cn3ccc4ccncc43)CC2)cc1. The molecule has 0 saturated carbocycles. The summed E-state index contributed by atoms with van der Waals surface area (Å²) >= 11 is 0. The van der Waals surface area contributed by atoms with E-state index in [0.29, 0.717) is 25.1 Å². The number of nitrogens with zero attached hydrogens (tertiary/aromatic N) is 3. The highest BCUT2D eigenvalue weighted by atomic mass is 32.2. The van der Waals surface area contributed by atoms with Crippen LogP contribution in [0.15, 0.2) is 59.9 Å². The number of aromatic nitrogens is 2. The summed E-state index contributed by atoms with van der Waals surface area (Å²) in [7, 11) is -3.66. The number of aliphatic hydroxyl groups is 1. The standard InChI is InChI=1S/C21H24N4O4S/c1-16(26)23-18-2-4-19(5-3-18)30(28,29)25-12-8-21(27,9-13-25)15-24-11-7-17-6-10-22-14-20(17)24/h2-7,10-11,14,27H,8-9,12-13,15H2,1H3,(H,23,26). The molecule has 1 aromatic carbocycles. The van der Waals surface area contributed by atoms with Gasteiger partial charge in [0.1, 0.15) is 0 Å². The minimum Gasteiger partial charge on any atom is -0.388 e. The van der Waals surface area contributed by atoms with Gasteiger partial charge in [-0.1, -0.05) is 0 Å². The third kappa shape index (κ3) is 4.09. The zero-order chi connectivity index (χ0) is 21.4. The van der Waals surface area contributed by atoms with Crippen molar-refractivity contribution in [2.45, 2.75) is 36.8 Å². The average molecular weight is 429 g/mol. The predicted octanol–water partition coefficient (Wildman–Crippen LogP) is 2.21. The number of carbonyl (C=O) groups is 1. The third-order valence-electron chi connectivity index (χ3n) is 5.51. The van der Waals surface area contributed by atoms with E-state index in [4.69, 9.17) is 0 Å². The fraction of sp³-hybridized carbons (Fsp3) is 0.333. The van der Waals surface area contributed by atoms with E-state index in [1.165, 1.54) is 23.4 Å². The van der Waals surface area contributed by atoms with Crippen LogP contribution in [0.1, 0.15) is 19.8 Å². The van der Waals surface area contributed by atoms with Crippen LogP contribution in [0, 0.1) is 0 Å². The number of hydrogen-bond acceptors (Lipinski definition) is 5. The first-order valence-electron chi connectivity index (χ1n) is 9.76. The monoisotopic (exact) mass is 428 g/mol. The summed E-state index contributed by atoms with van der Waals surface area (Å²) in [5, 5.41) is 14.7. The van der Waals surface area contributed by atoms with Gasteiger partial charge in [-0.3, -0.25) is 9.78 Å². The zero-order valence-electron chi connectivity index (χ0n) is 16.7. The molecule has 1 aliphatic rings. The second-order valence-electron chi connectivity index (χ2n) is 7.71. The molecule has 1 amide bonds. The topological polar surface area (TPSA) is 105 Å². The maximum absolute atomic E-state index is 13.0. The summed E-state index contributed by atoms with van der Waals surface area (Å²) in [4.78, 5) is 15.4. The Labute approximate surface area is 175 Å². The highest BCUT2D eigenvalue weighted by Gasteiger charge is 2.37. The van der Waals surface area contributed by atoms with E-state index in [2.05, 4.69) is 10.3 Å². The number of anilines is 1. The lowest BCUT2D eigenvalue weighted by Gasteiger charge is -2.37. The number of benzene rings is 1. The van der Waals surface area contributed by atoms with E-state index in [9.17, 15) is 18.3 Å². The first-order chi connectivity index (χ1) is 14.3. The van der Waals surface area contributed by atoms with Crippen molar-refractivity contribution in [2.24, 2.45) is 0 Å². The number of nitrogens with one attached hydrogen (secondary N) is 1. The molecule has 9 heteroatoms. The summed E-state index contributed by atoms with van der Waals surface area (Å²) in [6.07, 6.45) is 6.10. The Balaban J connectivity index is 1.44. The molecule has 2 aromatic heterocycles. The number of carbonyl (C=O) groups excluding carboxylic acids is 1. The molecule has 3 heterocycles. The van der Waals surface area contributed by atoms with E-state index < -0.39 is 15.6 Å². The predicted molar refractivity (Wildman–Crippen MR) is 113 cm³/mol. The van der Waals surface area contributed by atoms with E-state index in [-0.39, 0.29) is 23.9 Å². The lowest BCUT2D eigenvalue weighted by atomic mass is 9.92. The lowest BCUT2D eigenvalue weighted by Crippen LogP contribution is -2.48. The van der Waals surface area contributed by atoms with Gasteiger partial charge in [0.15, 0.2) is 0 Å². The molecule has 0 spiro atoms. The second kappa shape index (κ2) is 7.82. The van der Waals surface area contributed by atoms with Gasteiger partial charge in [-0.25, -0.2) is 8.42 Å². The number of hydrogen-bond donors (Lipinski definition) is 2. The third-order valence-corrected chi connectivity index (χ3v) is 7.42. The Morgan fingerprint density at radius 3 is 2.53 bits per heavy atom. The Morgan fingerprint density at radius 1 is 1.17 bits per heavy atom. The number of amides is 1. The second-order valence-corrected chi connectivity index (χ2v) is 9.65. The molecule has 0 atom stereocenters. The molecule has 0 bridgehead atoms. The molecule has 4 rings (SSSR count). The first kappa shape index (κ1) is 20.5. The van der Waals surface area contributed by atoms with E-state index >= 15 is 0 Å². The Bertz CT molecular complexity index is 1160. The van der Waals surface area contributed by atoms with Crippen LogP contribution in [-0.2, 0) is 21.4 Å². The molecule has 8 nitrogen and oxygen atoms in total. The van der Waals surface area contributed by atoms with Gasteiger partial charge in [0.25, 0.3) is 0 Å². The maximum Gasteiger partial charge on any atom is 0.243 e. The van der Waals surface area contributed by atoms with Gasteiger partial charge in [0.2, 0.25) is 15.9 Å². The van der Waals surface area contributed by atoms with Crippen molar-refractivity contribution < 1.29 is 18.3 Å². The zero-order valence-corrected chi connectivity index (χ0v) is 17.5. The van der Waals surface area contributed by atoms with E-state index in [1.807, 2.05) is 22.9 Å². The molecule has 0 aliphatic carbocycles. The summed E-state index contributed by atoms with van der Waals surface area (Å²) in [6.45, 7) is 2.27. The molecular formula is C21H24N4O4S. The molecule has 3 aromatic rings. The number of pyridine rings is 1. The van der Waals surface area contributed by atoms with Crippen molar-refractivity contribution in [3.8, 4) is 0 Å². The van der Waals surface area contributed by atoms with Gasteiger partial charge in [-0.15, -0.1) is 0 Å². The molecular weight excluding hydrogens is 404 g/mol. The van der Waals surface area contributed by atoms with Crippen LogP contribution in [0.4, 0.5) is 5.69 Å². The quantitative estimate of drug-likeness (QED) is 0.648. The Kier molecular flexibility index (Phi) is 5.35. The summed E-state index contributed by atoms with van der Waals surface area (Å²) in [5.41, 5.74) is 0.506. The largest absolute Gasteiger partial charge is 0.388 e. The van der Waals surface area contributed by atoms with Crippen LogP contribution in [-0.4, -0.2) is 52.0 Å². The molecule has 0 unspecified atom stereocenters. The Morgan fingerprint density at radius 2 is 1.87 bits per heavy atom. The fourth-order valence-corrected chi connectivity index (χ4v) is 5.29. The van der Waals surface area contributed by atoms with E-state index in [0.717, 1.165) is 10.9 Å². The van der Waals surface area contributed by atoms with Crippen molar-refractivity contribution in [3.05, 3.63) is 55.0 Å². The van der Waals surface area contributed by atoms with Crippen molar-refractivity contribution in [2.75, 3.05) is 18.4 Å². The Hall–Kier alpha value is -2.75. The molecule has 158 valence electrons. The van der Waals surface area contributed by atoms with Gasteiger partial charge in [-0.05, 0) is 49.2 Å². The summed E-state index contributed by atoms with van der Waals surface area (Å²) in [5.74, 6) is -0.216. The van der Waals surface area contributed by atoms with Crippen molar-refractivity contribution in [1.82, 2.24) is 13.9 Å². The van der Waals surface area contributed by atoms with Crippen LogP contribution >= 0.6 is 0 Å². The molecule has 1 fully saturated rings. The van der Waals surface area contributed by atoms with Gasteiger partial charge in [0.05, 0.1) is 28.8 Å². The fourth-order valence-electron chi connectivity index (χ4n) is 3.85. The lowest BCUT2D eigenvalue weighted by molar-refractivity contribution is -0.114. The molecule has 1 aliphatic heterocycles.